The van der Waals surface area contributed by atoms with Crippen molar-refractivity contribution < 1.29 is 14.7 Å². The summed E-state index contributed by atoms with van der Waals surface area (Å²) < 4.78 is 0. The van der Waals surface area contributed by atoms with Crippen LogP contribution in [0.1, 0.15) is 36.5 Å². The number of nitrogens with one attached hydrogen (secondary N) is 1. The third-order valence-corrected chi connectivity index (χ3v) is 3.99. The molecule has 0 aromatic heterocycles. The first-order valence-electron chi connectivity index (χ1n) is 7.28. The van der Waals surface area contributed by atoms with E-state index in [1.807, 2.05) is 0 Å². The fraction of sp³-hybridized carbons (Fsp3) is 0.500. The van der Waals surface area contributed by atoms with Crippen LogP contribution >= 0.6 is 0 Å². The van der Waals surface area contributed by atoms with E-state index in [0.717, 1.165) is 19.3 Å². The molecule has 0 aliphatic heterocycles. The van der Waals surface area contributed by atoms with E-state index in [1.165, 1.54) is 6.92 Å². The molecule has 1 fully saturated rings. The highest BCUT2D eigenvalue weighted by Crippen LogP contribution is 2.26. The van der Waals surface area contributed by atoms with Crippen molar-refractivity contribution in [2.45, 2.75) is 32.3 Å². The Hall–Kier alpha value is -1.88. The van der Waals surface area contributed by atoms with E-state index in [2.05, 4.69) is 5.32 Å². The van der Waals surface area contributed by atoms with Crippen LogP contribution in [0.25, 0.3) is 0 Å². The summed E-state index contributed by atoms with van der Waals surface area (Å²) in [6, 6.07) is 6.65. The lowest BCUT2D eigenvalue weighted by Crippen LogP contribution is -2.37. The summed E-state index contributed by atoms with van der Waals surface area (Å²) in [6.07, 6.45) is 2.49. The van der Waals surface area contributed by atoms with E-state index in [-0.39, 0.29) is 23.8 Å². The number of carbonyl (C=O) groups is 2. The van der Waals surface area contributed by atoms with Gasteiger partial charge in [0.05, 0.1) is 6.10 Å². The van der Waals surface area contributed by atoms with Crippen LogP contribution in [0, 0.1) is 5.92 Å². The molecular formula is C16H22N2O3. The molecule has 0 bridgehead atoms. The van der Waals surface area contributed by atoms with Gasteiger partial charge in [-0.05, 0) is 31.9 Å². The average molecular weight is 290 g/mol. The first-order valence-corrected chi connectivity index (χ1v) is 7.28. The maximum Gasteiger partial charge on any atom is 0.321 e. The van der Waals surface area contributed by atoms with Gasteiger partial charge in [-0.25, -0.2) is 4.79 Å². The largest absolute Gasteiger partial charge is 0.393 e. The molecule has 1 aliphatic rings. The molecule has 2 unspecified atom stereocenters. The molecule has 1 aromatic rings. The van der Waals surface area contributed by atoms with E-state index in [4.69, 9.17) is 0 Å². The van der Waals surface area contributed by atoms with Crippen molar-refractivity contribution in [3.63, 3.8) is 0 Å². The molecule has 21 heavy (non-hydrogen) atoms. The second-order valence-corrected chi connectivity index (χ2v) is 5.71. The number of aliphatic hydroxyl groups is 1. The number of amides is 2. The van der Waals surface area contributed by atoms with Gasteiger partial charge in [0.15, 0.2) is 5.78 Å². The number of aliphatic hydroxyl groups excluding tert-OH is 1. The van der Waals surface area contributed by atoms with Gasteiger partial charge < -0.3 is 15.3 Å². The number of Topliss-reactive ketones (excluding diaryl/α,β-unsaturated/α-hetero) is 1. The first kappa shape index (κ1) is 15.5. The van der Waals surface area contributed by atoms with Crippen LogP contribution in [0.15, 0.2) is 24.3 Å². The Morgan fingerprint density at radius 2 is 2.14 bits per heavy atom. The number of ketones is 1. The Labute approximate surface area is 125 Å². The van der Waals surface area contributed by atoms with Crippen molar-refractivity contribution >= 4 is 17.5 Å². The van der Waals surface area contributed by atoms with Gasteiger partial charge in [0.1, 0.15) is 0 Å². The van der Waals surface area contributed by atoms with Crippen LogP contribution < -0.4 is 5.32 Å². The van der Waals surface area contributed by atoms with Crippen molar-refractivity contribution in [2.75, 3.05) is 18.9 Å². The molecule has 5 nitrogen and oxygen atoms in total. The van der Waals surface area contributed by atoms with Gasteiger partial charge in [0.25, 0.3) is 0 Å². The third kappa shape index (κ3) is 4.04. The summed E-state index contributed by atoms with van der Waals surface area (Å²) in [5.41, 5.74) is 1.17. The summed E-state index contributed by atoms with van der Waals surface area (Å²) in [5.74, 6) is 0.123. The highest BCUT2D eigenvalue weighted by molar-refractivity contribution is 5.96. The number of rotatable bonds is 4. The van der Waals surface area contributed by atoms with Crippen molar-refractivity contribution in [2.24, 2.45) is 5.92 Å². The zero-order chi connectivity index (χ0) is 15.4. The fourth-order valence-corrected chi connectivity index (χ4v) is 2.70. The van der Waals surface area contributed by atoms with Crippen LogP contribution in [-0.4, -0.2) is 41.5 Å². The van der Waals surface area contributed by atoms with Crippen molar-refractivity contribution in [1.29, 1.82) is 0 Å². The molecule has 2 N–H and O–H groups in total. The summed E-state index contributed by atoms with van der Waals surface area (Å²) >= 11 is 0. The van der Waals surface area contributed by atoms with Crippen LogP contribution in [0.3, 0.4) is 0 Å². The molecule has 1 saturated carbocycles. The average Bonchev–Trinajstić information content (AvgIpc) is 2.84. The number of hydrogen-bond acceptors (Lipinski definition) is 3. The van der Waals surface area contributed by atoms with E-state index in [0.29, 0.717) is 17.8 Å². The zero-order valence-corrected chi connectivity index (χ0v) is 12.5. The molecule has 2 atom stereocenters. The molecule has 114 valence electrons. The Balaban J connectivity index is 1.94. The van der Waals surface area contributed by atoms with E-state index in [9.17, 15) is 14.7 Å². The Kier molecular flexibility index (Phi) is 4.96. The van der Waals surface area contributed by atoms with Crippen LogP contribution in [0.5, 0.6) is 0 Å². The lowest BCUT2D eigenvalue weighted by molar-refractivity contribution is 0.101. The number of carbonyl (C=O) groups excluding carboxylic acids is 2. The van der Waals surface area contributed by atoms with E-state index >= 15 is 0 Å². The fourth-order valence-electron chi connectivity index (χ4n) is 2.70. The monoisotopic (exact) mass is 290 g/mol. The topological polar surface area (TPSA) is 69.6 Å². The lowest BCUT2D eigenvalue weighted by atomic mass is 10.1. The molecule has 2 amide bonds. The van der Waals surface area contributed by atoms with Crippen LogP contribution in [0.4, 0.5) is 10.5 Å². The summed E-state index contributed by atoms with van der Waals surface area (Å²) in [6.45, 7) is 2.04. The van der Waals surface area contributed by atoms with Crippen LogP contribution in [0.2, 0.25) is 0 Å². The van der Waals surface area contributed by atoms with E-state index in [1.54, 1.807) is 36.2 Å². The SMILES string of the molecule is CC(=O)c1cccc(NC(=O)N(C)CC2CCCC2O)c1. The lowest BCUT2D eigenvalue weighted by Gasteiger charge is -2.23. The summed E-state index contributed by atoms with van der Waals surface area (Å²) in [5, 5.41) is 12.6. The minimum absolute atomic E-state index is 0.0338. The predicted octanol–water partition coefficient (Wildman–Crippen LogP) is 2.51. The molecule has 0 heterocycles. The van der Waals surface area contributed by atoms with Gasteiger partial charge in [0.2, 0.25) is 0 Å². The van der Waals surface area contributed by atoms with Gasteiger partial charge >= 0.3 is 6.03 Å². The summed E-state index contributed by atoms with van der Waals surface area (Å²) in [7, 11) is 1.72. The normalized spacial score (nSPS) is 21.1. The highest BCUT2D eigenvalue weighted by atomic mass is 16.3. The third-order valence-electron chi connectivity index (χ3n) is 3.99. The zero-order valence-electron chi connectivity index (χ0n) is 12.5. The second-order valence-electron chi connectivity index (χ2n) is 5.71. The number of benzene rings is 1. The molecule has 0 saturated heterocycles. The number of nitrogens with zero attached hydrogens (tertiary/aromatic N) is 1. The van der Waals surface area contributed by atoms with Gasteiger partial charge in [-0.15, -0.1) is 0 Å². The molecule has 0 radical (unpaired) electrons. The van der Waals surface area contributed by atoms with Crippen molar-refractivity contribution in [3.05, 3.63) is 29.8 Å². The Bertz CT molecular complexity index is 530. The Morgan fingerprint density at radius 1 is 1.38 bits per heavy atom. The smallest absolute Gasteiger partial charge is 0.321 e. The number of urea groups is 1. The van der Waals surface area contributed by atoms with Gasteiger partial charge in [-0.2, -0.15) is 0 Å². The van der Waals surface area contributed by atoms with Gasteiger partial charge in [-0.1, -0.05) is 18.6 Å². The standard InChI is InChI=1S/C16H22N2O3/c1-11(19)12-5-3-7-14(9-12)17-16(21)18(2)10-13-6-4-8-15(13)20/h3,5,7,9,13,15,20H,4,6,8,10H2,1-2H3,(H,17,21). The van der Waals surface area contributed by atoms with Crippen molar-refractivity contribution in [3.8, 4) is 0 Å². The molecular weight excluding hydrogens is 268 g/mol. The molecule has 5 heteroatoms. The van der Waals surface area contributed by atoms with Crippen LogP contribution in [-0.2, 0) is 0 Å². The van der Waals surface area contributed by atoms with Gasteiger partial charge in [-0.3, -0.25) is 4.79 Å². The highest BCUT2D eigenvalue weighted by Gasteiger charge is 2.27. The number of hydrogen-bond donors (Lipinski definition) is 2. The predicted molar refractivity (Wildman–Crippen MR) is 81.4 cm³/mol. The maximum absolute atomic E-state index is 12.1. The first-order chi connectivity index (χ1) is 9.97. The quantitative estimate of drug-likeness (QED) is 0.837. The molecule has 1 aromatic carbocycles. The number of anilines is 1. The minimum Gasteiger partial charge on any atom is -0.393 e. The van der Waals surface area contributed by atoms with Gasteiger partial charge in [0, 0.05) is 30.8 Å². The summed E-state index contributed by atoms with van der Waals surface area (Å²) in [4.78, 5) is 25.1. The van der Waals surface area contributed by atoms with Crippen molar-refractivity contribution in [1.82, 2.24) is 4.90 Å². The molecule has 1 aliphatic carbocycles. The molecule has 2 rings (SSSR count). The Morgan fingerprint density at radius 3 is 2.76 bits per heavy atom. The minimum atomic E-state index is -0.304. The van der Waals surface area contributed by atoms with E-state index < -0.39 is 0 Å². The second kappa shape index (κ2) is 6.72. The maximum atomic E-state index is 12.1. The molecule has 0 spiro atoms.